The van der Waals surface area contributed by atoms with E-state index < -0.39 is 0 Å². The minimum absolute atomic E-state index is 0.529. The normalized spacial score (nSPS) is 17.6. The minimum atomic E-state index is 0.529. The molecular formula is C18H14S. The van der Waals surface area contributed by atoms with Crippen molar-refractivity contribution in [2.75, 3.05) is 0 Å². The molecule has 1 atom stereocenters. The monoisotopic (exact) mass is 262 g/mol. The highest BCUT2D eigenvalue weighted by molar-refractivity contribution is 7.19. The summed E-state index contributed by atoms with van der Waals surface area (Å²) in [7, 11) is 0. The molecule has 1 heterocycles. The van der Waals surface area contributed by atoms with E-state index in [9.17, 15) is 0 Å². The predicted molar refractivity (Wildman–Crippen MR) is 83.7 cm³/mol. The Morgan fingerprint density at radius 3 is 2.58 bits per heavy atom. The van der Waals surface area contributed by atoms with Crippen molar-refractivity contribution in [2.45, 2.75) is 12.3 Å². The summed E-state index contributed by atoms with van der Waals surface area (Å²) in [6.45, 7) is 0. The number of benzene rings is 2. The third-order valence-corrected chi connectivity index (χ3v) is 5.05. The topological polar surface area (TPSA) is 0 Å². The number of allylic oxidation sites excluding steroid dienone is 1. The molecule has 1 unspecified atom stereocenters. The first-order valence-electron chi connectivity index (χ1n) is 6.65. The summed E-state index contributed by atoms with van der Waals surface area (Å²) in [5.74, 6) is 0.529. The predicted octanol–water partition coefficient (Wildman–Crippen LogP) is 5.25. The molecule has 3 aromatic rings. The van der Waals surface area contributed by atoms with Gasteiger partial charge in [-0.05, 0) is 29.0 Å². The molecule has 0 saturated heterocycles. The van der Waals surface area contributed by atoms with Crippen LogP contribution in [0, 0.1) is 0 Å². The van der Waals surface area contributed by atoms with Gasteiger partial charge in [-0.15, -0.1) is 11.3 Å². The van der Waals surface area contributed by atoms with Crippen molar-refractivity contribution in [2.24, 2.45) is 0 Å². The van der Waals surface area contributed by atoms with Crippen LogP contribution in [0.3, 0.4) is 0 Å². The Bertz CT molecular complexity index is 750. The molecule has 2 aromatic carbocycles. The van der Waals surface area contributed by atoms with Gasteiger partial charge in [-0.1, -0.05) is 60.7 Å². The van der Waals surface area contributed by atoms with E-state index in [1.54, 1.807) is 0 Å². The lowest BCUT2D eigenvalue weighted by atomic mass is 9.89. The molecular weight excluding hydrogens is 248 g/mol. The lowest BCUT2D eigenvalue weighted by Gasteiger charge is -2.17. The molecule has 0 aliphatic heterocycles. The molecule has 0 N–H and O–H groups in total. The second kappa shape index (κ2) is 4.36. The van der Waals surface area contributed by atoms with Crippen molar-refractivity contribution in [1.82, 2.24) is 0 Å². The molecule has 19 heavy (non-hydrogen) atoms. The molecule has 0 radical (unpaired) electrons. The molecule has 4 rings (SSSR count). The highest BCUT2D eigenvalue weighted by atomic mass is 32.1. The van der Waals surface area contributed by atoms with E-state index in [-0.39, 0.29) is 0 Å². The Hall–Kier alpha value is -1.86. The van der Waals surface area contributed by atoms with Gasteiger partial charge in [0.25, 0.3) is 0 Å². The summed E-state index contributed by atoms with van der Waals surface area (Å²) in [4.78, 5) is 1.53. The Balaban J connectivity index is 1.79. The van der Waals surface area contributed by atoms with E-state index in [0.717, 1.165) is 6.42 Å². The Labute approximate surface area is 117 Å². The van der Waals surface area contributed by atoms with E-state index in [2.05, 4.69) is 66.7 Å². The summed E-state index contributed by atoms with van der Waals surface area (Å²) < 4.78 is 1.41. The second-order valence-electron chi connectivity index (χ2n) is 5.02. The fourth-order valence-corrected chi connectivity index (χ4v) is 4.11. The van der Waals surface area contributed by atoms with Crippen molar-refractivity contribution in [3.05, 3.63) is 76.7 Å². The van der Waals surface area contributed by atoms with Crippen LogP contribution in [0.25, 0.3) is 16.2 Å². The third-order valence-electron chi connectivity index (χ3n) is 3.84. The number of rotatable bonds is 1. The average Bonchev–Trinajstić information content (AvgIpc) is 2.86. The molecule has 92 valence electrons. The van der Waals surface area contributed by atoms with Crippen LogP contribution in [0.1, 0.15) is 21.9 Å². The van der Waals surface area contributed by atoms with Crippen molar-refractivity contribution in [3.8, 4) is 0 Å². The number of hydrogen-bond acceptors (Lipinski definition) is 1. The Morgan fingerprint density at radius 1 is 0.895 bits per heavy atom. The van der Waals surface area contributed by atoms with Gasteiger partial charge in [0, 0.05) is 15.5 Å². The fraction of sp³-hybridized carbons (Fsp3) is 0.111. The largest absolute Gasteiger partial charge is 0.140 e. The zero-order chi connectivity index (χ0) is 12.7. The van der Waals surface area contributed by atoms with Gasteiger partial charge in [0.1, 0.15) is 0 Å². The van der Waals surface area contributed by atoms with Crippen molar-refractivity contribution in [3.63, 3.8) is 0 Å². The molecule has 0 spiro atoms. The third kappa shape index (κ3) is 1.82. The SMILES string of the molecule is C1=CC(c2ccccc2)Cc2sc3ccccc3c21. The van der Waals surface area contributed by atoms with Crippen molar-refractivity contribution in [1.29, 1.82) is 0 Å². The number of hydrogen-bond donors (Lipinski definition) is 0. The molecule has 0 amide bonds. The molecule has 0 saturated carbocycles. The van der Waals surface area contributed by atoms with Crippen LogP contribution < -0.4 is 0 Å². The van der Waals surface area contributed by atoms with Gasteiger partial charge in [0.2, 0.25) is 0 Å². The Kier molecular flexibility index (Phi) is 2.52. The highest BCUT2D eigenvalue weighted by Gasteiger charge is 2.19. The van der Waals surface area contributed by atoms with Crippen LogP contribution in [0.2, 0.25) is 0 Å². The minimum Gasteiger partial charge on any atom is -0.140 e. The molecule has 0 nitrogen and oxygen atoms in total. The Morgan fingerprint density at radius 2 is 1.68 bits per heavy atom. The zero-order valence-electron chi connectivity index (χ0n) is 10.5. The first kappa shape index (κ1) is 11.0. The molecule has 0 bridgehead atoms. The summed E-state index contributed by atoms with van der Waals surface area (Å²) in [6, 6.07) is 19.5. The summed E-state index contributed by atoms with van der Waals surface area (Å²) >= 11 is 1.95. The lowest BCUT2D eigenvalue weighted by Crippen LogP contribution is -2.03. The van der Waals surface area contributed by atoms with Crippen LogP contribution in [0.4, 0.5) is 0 Å². The smallest absolute Gasteiger partial charge is 0.0351 e. The average molecular weight is 262 g/mol. The molecule has 1 heteroatoms. The quantitative estimate of drug-likeness (QED) is 0.561. The van der Waals surface area contributed by atoms with Gasteiger partial charge in [-0.2, -0.15) is 0 Å². The maximum absolute atomic E-state index is 2.36. The van der Waals surface area contributed by atoms with E-state index >= 15 is 0 Å². The van der Waals surface area contributed by atoms with E-state index in [0.29, 0.717) is 5.92 Å². The maximum atomic E-state index is 2.36. The van der Waals surface area contributed by atoms with Gasteiger partial charge in [-0.3, -0.25) is 0 Å². The van der Waals surface area contributed by atoms with Gasteiger partial charge < -0.3 is 0 Å². The van der Waals surface area contributed by atoms with Crippen LogP contribution in [-0.4, -0.2) is 0 Å². The maximum Gasteiger partial charge on any atom is 0.0351 e. The van der Waals surface area contributed by atoms with E-state index in [1.165, 1.54) is 26.1 Å². The lowest BCUT2D eigenvalue weighted by molar-refractivity contribution is 0.842. The second-order valence-corrected chi connectivity index (χ2v) is 6.15. The first-order valence-corrected chi connectivity index (χ1v) is 7.47. The number of thiophene rings is 1. The number of fused-ring (bicyclic) bond motifs is 3. The highest BCUT2D eigenvalue weighted by Crippen LogP contribution is 2.39. The molecule has 1 aliphatic carbocycles. The molecule has 1 aromatic heterocycles. The standard InChI is InChI=1S/C18H14S/c1-2-6-13(7-3-1)14-10-11-16-15-8-4-5-9-17(15)19-18(16)12-14/h1-11,14H,12H2. The van der Waals surface area contributed by atoms with Crippen molar-refractivity contribution < 1.29 is 0 Å². The summed E-state index contributed by atoms with van der Waals surface area (Å²) in [5, 5.41) is 1.41. The summed E-state index contributed by atoms with van der Waals surface area (Å²) in [6.07, 6.45) is 5.81. The van der Waals surface area contributed by atoms with Crippen molar-refractivity contribution >= 4 is 27.5 Å². The van der Waals surface area contributed by atoms with Gasteiger partial charge in [-0.25, -0.2) is 0 Å². The molecule has 0 fully saturated rings. The van der Waals surface area contributed by atoms with Crippen LogP contribution in [0.15, 0.2) is 60.7 Å². The van der Waals surface area contributed by atoms with Gasteiger partial charge >= 0.3 is 0 Å². The molecule has 1 aliphatic rings. The summed E-state index contributed by atoms with van der Waals surface area (Å²) in [5.41, 5.74) is 2.86. The van der Waals surface area contributed by atoms with E-state index in [1.807, 2.05) is 11.3 Å². The zero-order valence-corrected chi connectivity index (χ0v) is 11.4. The van der Waals surface area contributed by atoms with E-state index in [4.69, 9.17) is 0 Å². The van der Waals surface area contributed by atoms with Gasteiger partial charge in [0.15, 0.2) is 0 Å². The van der Waals surface area contributed by atoms with Crippen LogP contribution in [-0.2, 0) is 6.42 Å². The fourth-order valence-electron chi connectivity index (χ4n) is 2.86. The van der Waals surface area contributed by atoms with Crippen LogP contribution >= 0.6 is 11.3 Å². The first-order chi connectivity index (χ1) is 9.42. The van der Waals surface area contributed by atoms with Gasteiger partial charge in [0.05, 0.1) is 0 Å². The van der Waals surface area contributed by atoms with Crippen LogP contribution in [0.5, 0.6) is 0 Å².